The first-order valence-corrected chi connectivity index (χ1v) is 17.5. The normalized spacial score (nSPS) is 26.0. The fraction of sp³-hybridized carbons (Fsp3) is 0.457. The van der Waals surface area contributed by atoms with E-state index in [4.69, 9.17) is 9.47 Å². The highest BCUT2D eigenvalue weighted by Gasteiger charge is 2.76. The van der Waals surface area contributed by atoms with Crippen molar-refractivity contribution in [3.8, 4) is 11.5 Å². The molecule has 11 heteroatoms. The largest absolute Gasteiger partial charge is 0.497 e. The number of benzene rings is 2. The number of hydrogen-bond acceptors (Lipinski definition) is 7. The SMILES string of the molecule is C=CCN(C(=O)C1N(CCCCO)C(=O)[C@@H]2[C@H](C(=O)N(CC=C)c3ccc(OCC)cc3)[C@H]3SC12CC3Br)c1ccc(OC)cc1. The molecule has 0 radical (unpaired) electrons. The molecular formula is C35H42BrN3O6S. The van der Waals surface area contributed by atoms with Crippen LogP contribution >= 0.6 is 27.7 Å². The van der Waals surface area contributed by atoms with Crippen LogP contribution in [0, 0.1) is 11.8 Å². The van der Waals surface area contributed by atoms with E-state index in [0.717, 1.165) is 0 Å². The van der Waals surface area contributed by atoms with Crippen LogP contribution in [0.4, 0.5) is 11.4 Å². The van der Waals surface area contributed by atoms with Crippen LogP contribution in [0.15, 0.2) is 73.8 Å². The van der Waals surface area contributed by atoms with Gasteiger partial charge in [0.05, 0.1) is 30.3 Å². The lowest BCUT2D eigenvalue weighted by atomic mass is 9.70. The van der Waals surface area contributed by atoms with Gasteiger partial charge < -0.3 is 29.3 Å². The molecule has 246 valence electrons. The molecule has 2 aromatic carbocycles. The highest BCUT2D eigenvalue weighted by Crippen LogP contribution is 2.68. The second-order valence-electron chi connectivity index (χ2n) is 11.7. The molecule has 2 aromatic rings. The Balaban J connectivity index is 1.54. The molecule has 5 rings (SSSR count). The molecule has 6 atom stereocenters. The summed E-state index contributed by atoms with van der Waals surface area (Å²) >= 11 is 5.48. The number of alkyl halides is 1. The molecule has 3 saturated heterocycles. The number of nitrogens with zero attached hydrogens (tertiary/aromatic N) is 3. The smallest absolute Gasteiger partial charge is 0.251 e. The predicted molar refractivity (Wildman–Crippen MR) is 186 cm³/mol. The number of unbranched alkanes of at least 4 members (excludes halogenated alkanes) is 1. The van der Waals surface area contributed by atoms with E-state index < -0.39 is 22.6 Å². The van der Waals surface area contributed by atoms with E-state index in [0.29, 0.717) is 55.3 Å². The number of aliphatic hydroxyl groups is 1. The minimum absolute atomic E-state index is 0.0103. The van der Waals surface area contributed by atoms with Crippen molar-refractivity contribution in [2.24, 2.45) is 11.8 Å². The van der Waals surface area contributed by atoms with Gasteiger partial charge in [0.2, 0.25) is 11.8 Å². The van der Waals surface area contributed by atoms with E-state index in [1.165, 1.54) is 0 Å². The van der Waals surface area contributed by atoms with Crippen molar-refractivity contribution in [1.82, 2.24) is 4.90 Å². The third-order valence-corrected chi connectivity index (χ3v) is 12.3. The maximum atomic E-state index is 14.8. The van der Waals surface area contributed by atoms with E-state index in [2.05, 4.69) is 29.1 Å². The van der Waals surface area contributed by atoms with Crippen LogP contribution in [0.2, 0.25) is 0 Å². The molecule has 9 nitrogen and oxygen atoms in total. The lowest BCUT2D eigenvalue weighted by Crippen LogP contribution is -2.56. The van der Waals surface area contributed by atoms with Crippen molar-refractivity contribution < 1.29 is 29.0 Å². The van der Waals surface area contributed by atoms with Crippen molar-refractivity contribution in [3.63, 3.8) is 0 Å². The van der Waals surface area contributed by atoms with Crippen LogP contribution in [0.25, 0.3) is 0 Å². The van der Waals surface area contributed by atoms with E-state index in [-0.39, 0.29) is 47.5 Å². The fourth-order valence-electron chi connectivity index (χ4n) is 7.21. The fourth-order valence-corrected chi connectivity index (χ4v) is 10.8. The van der Waals surface area contributed by atoms with Crippen molar-refractivity contribution >= 4 is 56.8 Å². The number of carbonyl (C=O) groups is 3. The molecule has 2 bridgehead atoms. The van der Waals surface area contributed by atoms with Crippen LogP contribution in [0.1, 0.15) is 26.2 Å². The van der Waals surface area contributed by atoms with Crippen LogP contribution in [0.3, 0.4) is 0 Å². The van der Waals surface area contributed by atoms with E-state index in [1.54, 1.807) is 57.9 Å². The molecule has 3 aliphatic heterocycles. The summed E-state index contributed by atoms with van der Waals surface area (Å²) in [6.45, 7) is 11.1. The number of likely N-dealkylation sites (tertiary alicyclic amines) is 1. The number of rotatable bonds is 15. The number of carbonyl (C=O) groups excluding carboxylic acids is 3. The molecule has 3 amide bonds. The van der Waals surface area contributed by atoms with Crippen LogP contribution in [-0.2, 0) is 14.4 Å². The Bertz CT molecular complexity index is 1440. The number of thioether (sulfide) groups is 1. The maximum absolute atomic E-state index is 14.8. The molecule has 1 N–H and O–H groups in total. The van der Waals surface area contributed by atoms with Gasteiger partial charge in [0.25, 0.3) is 5.91 Å². The number of halogens is 1. The van der Waals surface area contributed by atoms with Gasteiger partial charge in [0.15, 0.2) is 0 Å². The Morgan fingerprint density at radius 1 is 1.02 bits per heavy atom. The molecule has 3 unspecified atom stereocenters. The summed E-state index contributed by atoms with van der Waals surface area (Å²) in [7, 11) is 1.59. The highest BCUT2D eigenvalue weighted by atomic mass is 79.9. The first-order chi connectivity index (χ1) is 22.3. The zero-order chi connectivity index (χ0) is 33.0. The van der Waals surface area contributed by atoms with Gasteiger partial charge >= 0.3 is 0 Å². The minimum atomic E-state index is -0.808. The van der Waals surface area contributed by atoms with Gasteiger partial charge in [-0.2, -0.15) is 0 Å². The summed E-state index contributed by atoms with van der Waals surface area (Å²) in [5.41, 5.74) is 1.36. The third-order valence-electron chi connectivity index (χ3n) is 9.11. The quantitative estimate of drug-likeness (QED) is 0.157. The van der Waals surface area contributed by atoms with Gasteiger partial charge in [-0.1, -0.05) is 28.1 Å². The molecular weight excluding hydrogens is 670 g/mol. The molecule has 0 aliphatic carbocycles. The number of anilines is 2. The zero-order valence-corrected chi connectivity index (χ0v) is 28.8. The standard InChI is InChI=1S/C35H42BrN3O6S/c1-5-18-37(23-12-16-26(17-13-23)45-7-3)32(41)28-29-33(42)39(20-8-9-21-40)31(35(29)22-27(36)30(28)46-35)34(43)38(19-6-2)24-10-14-25(44-4)15-11-24/h5-6,10-17,27-31,40H,1-2,7-9,18-22H2,3-4H3/t27?,28-,29-,30-,31?,35?/m0/s1. The third kappa shape index (κ3) is 6.09. The Morgan fingerprint density at radius 2 is 1.61 bits per heavy atom. The summed E-state index contributed by atoms with van der Waals surface area (Å²) in [4.78, 5) is 48.9. The number of methoxy groups -OCH3 is 1. The lowest BCUT2D eigenvalue weighted by Gasteiger charge is -2.38. The summed E-state index contributed by atoms with van der Waals surface area (Å²) in [6.07, 6.45) is 4.97. The molecule has 3 fully saturated rings. The van der Waals surface area contributed by atoms with Gasteiger partial charge in [-0.15, -0.1) is 24.9 Å². The van der Waals surface area contributed by atoms with Crippen molar-refractivity contribution in [2.75, 3.05) is 49.8 Å². The summed E-state index contributed by atoms with van der Waals surface area (Å²) < 4.78 is 10.1. The maximum Gasteiger partial charge on any atom is 0.251 e. The number of ether oxygens (including phenoxy) is 2. The van der Waals surface area contributed by atoms with Gasteiger partial charge in [0.1, 0.15) is 17.5 Å². The zero-order valence-electron chi connectivity index (χ0n) is 26.3. The molecule has 0 saturated carbocycles. The molecule has 3 heterocycles. The van der Waals surface area contributed by atoms with Gasteiger partial charge in [0, 0.05) is 47.7 Å². The lowest BCUT2D eigenvalue weighted by molar-refractivity contribution is -0.139. The van der Waals surface area contributed by atoms with E-state index >= 15 is 0 Å². The predicted octanol–water partition coefficient (Wildman–Crippen LogP) is 5.07. The average molecular weight is 713 g/mol. The number of fused-ring (bicyclic) bond motifs is 1. The molecule has 0 aromatic heterocycles. The Labute approximate surface area is 283 Å². The second kappa shape index (κ2) is 14.6. The average Bonchev–Trinajstić information content (AvgIpc) is 3.66. The molecule has 3 aliphatic rings. The minimum Gasteiger partial charge on any atom is -0.497 e. The number of amides is 3. The molecule has 1 spiro atoms. The highest BCUT2D eigenvalue weighted by molar-refractivity contribution is 9.09. The van der Waals surface area contributed by atoms with Gasteiger partial charge in [-0.05, 0) is 74.7 Å². The second-order valence-corrected chi connectivity index (χ2v) is 14.4. The van der Waals surface area contributed by atoms with Crippen LogP contribution in [-0.4, -0.2) is 88.6 Å². The van der Waals surface area contributed by atoms with Crippen molar-refractivity contribution in [3.05, 3.63) is 73.8 Å². The van der Waals surface area contributed by atoms with E-state index in [1.807, 2.05) is 43.3 Å². The number of aliphatic hydroxyl groups excluding tert-OH is 1. The first-order valence-electron chi connectivity index (χ1n) is 15.7. The van der Waals surface area contributed by atoms with Gasteiger partial charge in [-0.25, -0.2) is 0 Å². The molecule has 46 heavy (non-hydrogen) atoms. The van der Waals surface area contributed by atoms with Crippen LogP contribution < -0.4 is 19.3 Å². The summed E-state index contributed by atoms with van der Waals surface area (Å²) in [5, 5.41) is 9.34. The number of hydrogen-bond donors (Lipinski definition) is 1. The van der Waals surface area contributed by atoms with Crippen molar-refractivity contribution in [1.29, 1.82) is 0 Å². The van der Waals surface area contributed by atoms with Crippen molar-refractivity contribution in [2.45, 2.75) is 47.1 Å². The Kier molecular flexibility index (Phi) is 10.8. The first kappa shape index (κ1) is 34.1. The van der Waals surface area contributed by atoms with Gasteiger partial charge in [-0.3, -0.25) is 14.4 Å². The Hall–Kier alpha value is -3.28. The monoisotopic (exact) mass is 711 g/mol. The van der Waals surface area contributed by atoms with Crippen LogP contribution in [0.5, 0.6) is 11.5 Å². The Morgan fingerprint density at radius 3 is 2.15 bits per heavy atom. The topological polar surface area (TPSA) is 99.6 Å². The van der Waals surface area contributed by atoms with E-state index in [9.17, 15) is 19.5 Å². The summed E-state index contributed by atoms with van der Waals surface area (Å²) in [5.74, 6) is -0.494. The summed E-state index contributed by atoms with van der Waals surface area (Å²) in [6, 6.07) is 13.8.